The summed E-state index contributed by atoms with van der Waals surface area (Å²) in [5, 5.41) is 14.2. The lowest BCUT2D eigenvalue weighted by Gasteiger charge is -2.08. The molecule has 0 bridgehead atoms. The fraction of sp³-hybridized carbons (Fsp3) is 0.111. The van der Waals surface area contributed by atoms with Crippen LogP contribution in [0.15, 0.2) is 48.8 Å². The molecule has 0 atom stereocenters. The minimum atomic E-state index is -0.924. The number of anilines is 2. The van der Waals surface area contributed by atoms with Gasteiger partial charge in [0.1, 0.15) is 11.5 Å². The first-order valence-corrected chi connectivity index (χ1v) is 7.73. The van der Waals surface area contributed by atoms with Crippen LogP contribution < -0.4 is 5.32 Å². The molecule has 3 heterocycles. The molecule has 0 amide bonds. The second kappa shape index (κ2) is 6.10. The van der Waals surface area contributed by atoms with Gasteiger partial charge < -0.3 is 15.0 Å². The molecule has 4 aromatic rings. The molecule has 0 aliphatic heterocycles. The quantitative estimate of drug-likeness (QED) is 0.596. The van der Waals surface area contributed by atoms with Crippen molar-refractivity contribution in [2.75, 3.05) is 11.9 Å². The van der Waals surface area contributed by atoms with Gasteiger partial charge in [0.2, 0.25) is 0 Å². The van der Waals surface area contributed by atoms with E-state index in [9.17, 15) is 13.9 Å². The fourth-order valence-corrected chi connectivity index (χ4v) is 2.93. The smallest absolute Gasteiger partial charge is 0.160 e. The van der Waals surface area contributed by atoms with Gasteiger partial charge in [-0.05, 0) is 30.3 Å². The molecule has 5 nitrogen and oxygen atoms in total. The summed E-state index contributed by atoms with van der Waals surface area (Å²) < 4.78 is 28.3. The standard InChI is InChI=1S/C18H14F2N4O/c19-14-3-1-11(9-15(14)20)22-17-4-2-12-13-10-21-6-5-16(13)24(7-8-25)18(12)23-17/h1-6,9-10,25H,7-8H2,(H,22,23). The molecular weight excluding hydrogens is 326 g/mol. The van der Waals surface area contributed by atoms with Crippen molar-refractivity contribution in [2.45, 2.75) is 6.54 Å². The number of pyridine rings is 2. The molecule has 4 rings (SSSR count). The Labute approximate surface area is 141 Å². The summed E-state index contributed by atoms with van der Waals surface area (Å²) in [4.78, 5) is 8.72. The average molecular weight is 340 g/mol. The van der Waals surface area contributed by atoms with E-state index in [1.807, 2.05) is 16.7 Å². The van der Waals surface area contributed by atoms with E-state index in [0.29, 0.717) is 23.7 Å². The molecule has 126 valence electrons. The molecule has 0 fully saturated rings. The van der Waals surface area contributed by atoms with Crippen LogP contribution in [0.25, 0.3) is 21.9 Å². The topological polar surface area (TPSA) is 63.0 Å². The highest BCUT2D eigenvalue weighted by atomic mass is 19.2. The number of nitrogens with zero attached hydrogens (tertiary/aromatic N) is 3. The zero-order valence-corrected chi connectivity index (χ0v) is 13.1. The third-order valence-electron chi connectivity index (χ3n) is 4.03. The Balaban J connectivity index is 1.82. The van der Waals surface area contributed by atoms with E-state index < -0.39 is 11.6 Å². The summed E-state index contributed by atoms with van der Waals surface area (Å²) in [6.07, 6.45) is 3.45. The molecule has 0 unspecified atom stereocenters. The third-order valence-corrected chi connectivity index (χ3v) is 4.03. The van der Waals surface area contributed by atoms with Crippen molar-refractivity contribution in [3.8, 4) is 0 Å². The van der Waals surface area contributed by atoms with Crippen LogP contribution in [0.2, 0.25) is 0 Å². The molecule has 1 aromatic carbocycles. The summed E-state index contributed by atoms with van der Waals surface area (Å²) >= 11 is 0. The number of hydrogen-bond donors (Lipinski definition) is 2. The second-order valence-corrected chi connectivity index (χ2v) is 5.59. The van der Waals surface area contributed by atoms with Crippen LogP contribution in [0.5, 0.6) is 0 Å². The molecule has 0 radical (unpaired) electrons. The highest BCUT2D eigenvalue weighted by molar-refractivity contribution is 6.06. The van der Waals surface area contributed by atoms with Gasteiger partial charge in [0.15, 0.2) is 11.6 Å². The van der Waals surface area contributed by atoms with E-state index in [-0.39, 0.29) is 6.61 Å². The summed E-state index contributed by atoms with van der Waals surface area (Å²) in [6, 6.07) is 9.10. The number of aliphatic hydroxyl groups is 1. The molecule has 0 aliphatic rings. The third kappa shape index (κ3) is 2.68. The maximum atomic E-state index is 13.4. The van der Waals surface area contributed by atoms with Gasteiger partial charge in [-0.1, -0.05) is 0 Å². The van der Waals surface area contributed by atoms with E-state index in [1.165, 1.54) is 6.07 Å². The van der Waals surface area contributed by atoms with Crippen molar-refractivity contribution < 1.29 is 13.9 Å². The van der Waals surface area contributed by atoms with Crippen LogP contribution in [0.3, 0.4) is 0 Å². The Hall–Kier alpha value is -3.06. The maximum Gasteiger partial charge on any atom is 0.160 e. The van der Waals surface area contributed by atoms with E-state index in [4.69, 9.17) is 0 Å². The molecule has 0 saturated carbocycles. The second-order valence-electron chi connectivity index (χ2n) is 5.59. The normalized spacial score (nSPS) is 11.3. The predicted molar refractivity (Wildman–Crippen MR) is 91.8 cm³/mol. The van der Waals surface area contributed by atoms with Crippen molar-refractivity contribution in [3.05, 3.63) is 60.4 Å². The molecule has 0 saturated heterocycles. The van der Waals surface area contributed by atoms with Crippen molar-refractivity contribution in [3.63, 3.8) is 0 Å². The highest BCUT2D eigenvalue weighted by Gasteiger charge is 2.12. The zero-order chi connectivity index (χ0) is 17.4. The van der Waals surface area contributed by atoms with Crippen LogP contribution in [0.1, 0.15) is 0 Å². The summed E-state index contributed by atoms with van der Waals surface area (Å²) in [7, 11) is 0. The van der Waals surface area contributed by atoms with Gasteiger partial charge in [0.25, 0.3) is 0 Å². The van der Waals surface area contributed by atoms with Gasteiger partial charge in [-0.25, -0.2) is 13.8 Å². The summed E-state index contributed by atoms with van der Waals surface area (Å²) in [5.41, 5.74) is 2.01. The van der Waals surface area contributed by atoms with E-state index in [0.717, 1.165) is 28.4 Å². The van der Waals surface area contributed by atoms with E-state index >= 15 is 0 Å². The van der Waals surface area contributed by atoms with Crippen LogP contribution in [0, 0.1) is 11.6 Å². The van der Waals surface area contributed by atoms with Crippen molar-refractivity contribution in [1.82, 2.24) is 14.5 Å². The molecule has 2 N–H and O–H groups in total. The molecule has 0 spiro atoms. The predicted octanol–water partition coefficient (Wildman–Crippen LogP) is 3.60. The first-order chi connectivity index (χ1) is 12.2. The highest BCUT2D eigenvalue weighted by Crippen LogP contribution is 2.29. The number of rotatable bonds is 4. The van der Waals surface area contributed by atoms with Crippen LogP contribution in [-0.2, 0) is 6.54 Å². The average Bonchev–Trinajstić information content (AvgIpc) is 2.92. The Morgan fingerprint density at radius 2 is 1.92 bits per heavy atom. The molecular formula is C18H14F2N4O. The number of benzene rings is 1. The Bertz CT molecular complexity index is 1080. The molecule has 3 aromatic heterocycles. The molecule has 7 heteroatoms. The van der Waals surface area contributed by atoms with Crippen molar-refractivity contribution in [2.24, 2.45) is 0 Å². The Kier molecular flexibility index (Phi) is 3.77. The van der Waals surface area contributed by atoms with Gasteiger partial charge >= 0.3 is 0 Å². The lowest BCUT2D eigenvalue weighted by atomic mass is 10.2. The minimum absolute atomic E-state index is 0.0241. The maximum absolute atomic E-state index is 13.4. The van der Waals surface area contributed by atoms with Crippen LogP contribution in [-0.4, -0.2) is 26.2 Å². The number of aliphatic hydroxyl groups excluding tert-OH is 1. The monoisotopic (exact) mass is 340 g/mol. The Morgan fingerprint density at radius 1 is 1.04 bits per heavy atom. The Morgan fingerprint density at radius 3 is 2.72 bits per heavy atom. The summed E-state index contributed by atoms with van der Waals surface area (Å²) in [5.74, 6) is -1.33. The largest absolute Gasteiger partial charge is 0.395 e. The van der Waals surface area contributed by atoms with Gasteiger partial charge in [0, 0.05) is 41.5 Å². The van der Waals surface area contributed by atoms with Crippen LogP contribution >= 0.6 is 0 Å². The minimum Gasteiger partial charge on any atom is -0.395 e. The SMILES string of the molecule is OCCn1c2ccncc2c2ccc(Nc3ccc(F)c(F)c3)nc21. The van der Waals surface area contributed by atoms with Crippen molar-refractivity contribution >= 4 is 33.4 Å². The first-order valence-electron chi connectivity index (χ1n) is 7.73. The van der Waals surface area contributed by atoms with Gasteiger partial charge in [-0.15, -0.1) is 0 Å². The number of hydrogen-bond acceptors (Lipinski definition) is 4. The number of halogens is 2. The number of aromatic nitrogens is 3. The molecule has 0 aliphatic carbocycles. The van der Waals surface area contributed by atoms with E-state index in [1.54, 1.807) is 18.5 Å². The van der Waals surface area contributed by atoms with Crippen LogP contribution in [0.4, 0.5) is 20.3 Å². The van der Waals surface area contributed by atoms with Gasteiger partial charge in [0.05, 0.1) is 12.1 Å². The van der Waals surface area contributed by atoms with Gasteiger partial charge in [-0.2, -0.15) is 0 Å². The number of fused-ring (bicyclic) bond motifs is 3. The zero-order valence-electron chi connectivity index (χ0n) is 13.1. The van der Waals surface area contributed by atoms with Gasteiger partial charge in [-0.3, -0.25) is 4.98 Å². The van der Waals surface area contributed by atoms with Crippen molar-refractivity contribution in [1.29, 1.82) is 0 Å². The first kappa shape index (κ1) is 15.5. The molecule has 25 heavy (non-hydrogen) atoms. The summed E-state index contributed by atoms with van der Waals surface area (Å²) in [6.45, 7) is 0.370. The fourth-order valence-electron chi connectivity index (χ4n) is 2.93. The lowest BCUT2D eigenvalue weighted by molar-refractivity contribution is 0.279. The number of nitrogens with one attached hydrogen (secondary N) is 1. The van der Waals surface area contributed by atoms with E-state index in [2.05, 4.69) is 15.3 Å². The lowest BCUT2D eigenvalue weighted by Crippen LogP contribution is -2.03.